The first-order chi connectivity index (χ1) is 20.2. The molecule has 42 heavy (non-hydrogen) atoms. The summed E-state index contributed by atoms with van der Waals surface area (Å²) in [4.78, 5) is 49.0. The van der Waals surface area contributed by atoms with E-state index in [1.807, 2.05) is 37.3 Å². The molecule has 2 aromatic carbocycles. The first-order valence-electron chi connectivity index (χ1n) is 14.4. The lowest BCUT2D eigenvalue weighted by Gasteiger charge is -2.35. The Morgan fingerprint density at radius 3 is 2.57 bits per heavy atom. The summed E-state index contributed by atoms with van der Waals surface area (Å²) in [5, 5.41) is 8.92. The maximum atomic E-state index is 13.4. The number of carbonyl (C=O) groups is 3. The van der Waals surface area contributed by atoms with Gasteiger partial charge in [0, 0.05) is 31.7 Å². The van der Waals surface area contributed by atoms with Crippen molar-refractivity contribution in [1.82, 2.24) is 20.4 Å². The van der Waals surface area contributed by atoms with Gasteiger partial charge in [0.2, 0.25) is 11.8 Å². The number of piperidine rings is 1. The summed E-state index contributed by atoms with van der Waals surface area (Å²) in [6.45, 7) is 7.69. The molecule has 0 spiro atoms. The third kappa shape index (κ3) is 6.58. The first-order valence-corrected chi connectivity index (χ1v) is 14.8. The molecule has 3 aliphatic heterocycles. The maximum absolute atomic E-state index is 13.4. The normalized spacial score (nSPS) is 20.0. The van der Waals surface area contributed by atoms with Gasteiger partial charge in [0.15, 0.2) is 0 Å². The lowest BCUT2D eigenvalue weighted by molar-refractivity contribution is -0.131. The summed E-state index contributed by atoms with van der Waals surface area (Å²) >= 11 is 6.39. The molecule has 3 N–H and O–H groups in total. The zero-order valence-electron chi connectivity index (χ0n) is 24.2. The molecular formula is C32H37ClN6O3. The minimum atomic E-state index is -0.961. The molecule has 0 saturated carbocycles. The van der Waals surface area contributed by atoms with Gasteiger partial charge < -0.3 is 25.8 Å². The van der Waals surface area contributed by atoms with E-state index in [2.05, 4.69) is 45.8 Å². The summed E-state index contributed by atoms with van der Waals surface area (Å²) < 4.78 is 0. The van der Waals surface area contributed by atoms with Crippen LogP contribution < -0.4 is 16.0 Å². The number of likely N-dealkylation sites (N-methyl/N-ethyl adjacent to an activating group) is 1. The van der Waals surface area contributed by atoms with E-state index in [-0.39, 0.29) is 29.1 Å². The van der Waals surface area contributed by atoms with Crippen LogP contribution in [0.5, 0.6) is 0 Å². The Hall–Kier alpha value is -3.95. The number of fused-ring (bicyclic) bond motifs is 1. The van der Waals surface area contributed by atoms with E-state index in [1.165, 1.54) is 11.6 Å². The quantitative estimate of drug-likeness (QED) is 0.413. The van der Waals surface area contributed by atoms with Gasteiger partial charge in [-0.05, 0) is 68.1 Å². The second-order valence-corrected chi connectivity index (χ2v) is 11.4. The van der Waals surface area contributed by atoms with Gasteiger partial charge in [0.05, 0.1) is 16.8 Å². The zero-order valence-corrected chi connectivity index (χ0v) is 25.0. The number of aliphatic imine (C=N–C) groups is 1. The number of nitrogens with one attached hydrogen (secondary N) is 3. The molecule has 3 aliphatic rings. The highest BCUT2D eigenvalue weighted by Gasteiger charge is 2.36. The number of nitrogens with zero attached hydrogens (tertiary/aromatic N) is 3. The third-order valence-corrected chi connectivity index (χ3v) is 8.42. The number of benzene rings is 2. The molecule has 9 nitrogen and oxygen atoms in total. The van der Waals surface area contributed by atoms with Gasteiger partial charge in [0.1, 0.15) is 17.6 Å². The molecule has 2 atom stereocenters. The lowest BCUT2D eigenvalue weighted by Crippen LogP contribution is -2.47. The standard InChI is InChI=1S/C32H37ClN6O3/c1-4-21-10-11-23-18-25(32(42)37-28(23)36-29(21)39-16-14-38(3)15-17-39)31(41)35-27-19-24(12-13-26(27)33)30(40)34-20(2)22-8-6-5-7-9-22/h5-9,11-13,19-20,25H,4,10,14-18H2,1-3H3,(H,34,40)(H,35,41)(H,36,37,42). The zero-order chi connectivity index (χ0) is 29.8. The number of carbonyl (C=O) groups excluding carboxylic acids is 3. The Morgan fingerprint density at radius 2 is 1.86 bits per heavy atom. The Bertz CT molecular complexity index is 1460. The van der Waals surface area contributed by atoms with Crippen molar-refractivity contribution in [1.29, 1.82) is 0 Å². The molecule has 5 rings (SSSR count). The molecule has 0 radical (unpaired) electrons. The number of amidine groups is 1. The van der Waals surface area contributed by atoms with Crippen LogP contribution in [-0.4, -0.2) is 66.6 Å². The van der Waals surface area contributed by atoms with Crippen molar-refractivity contribution in [3.05, 3.63) is 87.7 Å². The second-order valence-electron chi connectivity index (χ2n) is 11.0. The van der Waals surface area contributed by atoms with Gasteiger partial charge in [0.25, 0.3) is 5.91 Å². The number of rotatable bonds is 7. The monoisotopic (exact) mass is 588 g/mol. The van der Waals surface area contributed by atoms with Crippen molar-refractivity contribution in [2.24, 2.45) is 10.9 Å². The van der Waals surface area contributed by atoms with Crippen molar-refractivity contribution in [3.8, 4) is 0 Å². The van der Waals surface area contributed by atoms with Gasteiger partial charge >= 0.3 is 0 Å². The molecule has 2 fully saturated rings. The molecule has 3 amide bonds. The minimum absolute atomic E-state index is 0.207. The van der Waals surface area contributed by atoms with Crippen LogP contribution in [0.25, 0.3) is 0 Å². The average Bonchev–Trinajstić information content (AvgIpc) is 3.17. The van der Waals surface area contributed by atoms with E-state index in [1.54, 1.807) is 12.1 Å². The summed E-state index contributed by atoms with van der Waals surface area (Å²) in [6, 6.07) is 14.1. The van der Waals surface area contributed by atoms with Crippen molar-refractivity contribution in [2.45, 2.75) is 39.2 Å². The number of halogens is 1. The Labute approximate surface area is 251 Å². The lowest BCUT2D eigenvalue weighted by atomic mass is 9.91. The maximum Gasteiger partial charge on any atom is 0.251 e. The molecule has 0 bridgehead atoms. The summed E-state index contributed by atoms with van der Waals surface area (Å²) in [6.07, 6.45) is 3.88. The fourth-order valence-corrected chi connectivity index (χ4v) is 5.57. The molecule has 2 aromatic rings. The van der Waals surface area contributed by atoms with E-state index < -0.39 is 17.7 Å². The van der Waals surface area contributed by atoms with Gasteiger partial charge in [-0.1, -0.05) is 54.9 Å². The van der Waals surface area contributed by atoms with Crippen LogP contribution in [0, 0.1) is 5.92 Å². The Balaban J connectivity index is 1.28. The Morgan fingerprint density at radius 1 is 1.12 bits per heavy atom. The number of piperazine rings is 1. The highest BCUT2D eigenvalue weighted by atomic mass is 35.5. The molecular weight excluding hydrogens is 552 g/mol. The van der Waals surface area contributed by atoms with E-state index in [0.29, 0.717) is 11.4 Å². The van der Waals surface area contributed by atoms with Crippen molar-refractivity contribution in [3.63, 3.8) is 0 Å². The van der Waals surface area contributed by atoms with Crippen LogP contribution in [0.15, 0.2) is 76.6 Å². The molecule has 0 aliphatic carbocycles. The van der Waals surface area contributed by atoms with Gasteiger partial charge in [-0.15, -0.1) is 0 Å². The van der Waals surface area contributed by atoms with Gasteiger partial charge in [-0.3, -0.25) is 14.4 Å². The number of hydrogen-bond acceptors (Lipinski definition) is 6. The number of anilines is 1. The highest BCUT2D eigenvalue weighted by molar-refractivity contribution is 6.34. The van der Waals surface area contributed by atoms with Crippen LogP contribution in [-0.2, 0) is 9.59 Å². The predicted octanol–water partition coefficient (Wildman–Crippen LogP) is 4.50. The van der Waals surface area contributed by atoms with E-state index in [4.69, 9.17) is 16.6 Å². The fraction of sp³-hybridized carbons (Fsp3) is 0.375. The molecule has 2 unspecified atom stereocenters. The molecule has 0 aromatic heterocycles. The summed E-state index contributed by atoms with van der Waals surface area (Å²) in [5.74, 6) is -0.713. The van der Waals surface area contributed by atoms with E-state index in [0.717, 1.165) is 56.0 Å². The van der Waals surface area contributed by atoms with Crippen LogP contribution >= 0.6 is 11.6 Å². The summed E-state index contributed by atoms with van der Waals surface area (Å²) in [7, 11) is 2.11. The van der Waals surface area contributed by atoms with E-state index >= 15 is 0 Å². The van der Waals surface area contributed by atoms with Crippen molar-refractivity contribution >= 4 is 40.8 Å². The van der Waals surface area contributed by atoms with E-state index in [9.17, 15) is 14.4 Å². The number of allylic oxidation sites excluding steroid dienone is 2. The smallest absolute Gasteiger partial charge is 0.251 e. The molecule has 3 heterocycles. The molecule has 220 valence electrons. The number of hydrogen-bond donors (Lipinski definition) is 3. The van der Waals surface area contributed by atoms with Crippen molar-refractivity contribution < 1.29 is 14.4 Å². The SMILES string of the molecule is CCC1=C(N2CCN(C)CC2)N=C2NC(=O)C(C(=O)Nc3cc(C(=O)NC(C)c4ccccc4)ccc3Cl)CC2=CC1. The first kappa shape index (κ1) is 29.5. The van der Waals surface area contributed by atoms with Crippen LogP contribution in [0.2, 0.25) is 5.02 Å². The fourth-order valence-electron chi connectivity index (χ4n) is 5.41. The molecule has 10 heteroatoms. The van der Waals surface area contributed by atoms with Gasteiger partial charge in [-0.2, -0.15) is 0 Å². The second kappa shape index (κ2) is 12.9. The summed E-state index contributed by atoms with van der Waals surface area (Å²) in [5.41, 5.74) is 3.66. The van der Waals surface area contributed by atoms with Crippen LogP contribution in [0.4, 0.5) is 5.69 Å². The van der Waals surface area contributed by atoms with Crippen molar-refractivity contribution in [2.75, 3.05) is 38.5 Å². The molecule has 2 saturated heterocycles. The predicted molar refractivity (Wildman–Crippen MR) is 165 cm³/mol. The highest BCUT2D eigenvalue weighted by Crippen LogP contribution is 2.30. The minimum Gasteiger partial charge on any atom is -0.354 e. The van der Waals surface area contributed by atoms with Crippen LogP contribution in [0.3, 0.4) is 0 Å². The number of amides is 3. The average molecular weight is 589 g/mol. The van der Waals surface area contributed by atoms with Crippen LogP contribution in [0.1, 0.15) is 55.1 Å². The Kier molecular flexibility index (Phi) is 9.09. The third-order valence-electron chi connectivity index (χ3n) is 8.09. The topological polar surface area (TPSA) is 106 Å². The van der Waals surface area contributed by atoms with Gasteiger partial charge in [-0.25, -0.2) is 4.99 Å². The largest absolute Gasteiger partial charge is 0.354 e.